The van der Waals surface area contributed by atoms with E-state index in [-0.39, 0.29) is 29.0 Å². The maximum absolute atomic E-state index is 14.1. The summed E-state index contributed by atoms with van der Waals surface area (Å²) < 4.78 is 12.1. The fourth-order valence-corrected chi connectivity index (χ4v) is 7.14. The smallest absolute Gasteiger partial charge is 0.164 e. The van der Waals surface area contributed by atoms with Crippen LogP contribution in [-0.2, 0) is 14.3 Å². The standard InChI is InChI=1S/C23H32O5/c1-11-9-22-12(2)7-15-16(20(15,3)4)14(18(22)25)8-13-10-27-21(5,6)28-19(13)23(22,26)17(11)24/h8-9,12,14-17,19,24,26H,7,10H2,1-6H3/t12?,14-,15?,16?,17?,19-,22-,23?/m0/s1. The van der Waals surface area contributed by atoms with Gasteiger partial charge in [0.25, 0.3) is 0 Å². The predicted molar refractivity (Wildman–Crippen MR) is 103 cm³/mol. The molecule has 0 radical (unpaired) electrons. The number of ether oxygens (including phenoxy) is 2. The lowest BCUT2D eigenvalue weighted by atomic mass is 9.59. The van der Waals surface area contributed by atoms with Crippen molar-refractivity contribution < 1.29 is 24.5 Å². The Balaban J connectivity index is 1.77. The molecule has 5 nitrogen and oxygen atoms in total. The molecule has 8 atom stereocenters. The number of ketones is 1. The first-order valence-electron chi connectivity index (χ1n) is 10.5. The zero-order chi connectivity index (χ0) is 20.4. The van der Waals surface area contributed by atoms with Crippen LogP contribution in [0, 0.1) is 34.5 Å². The molecule has 1 saturated heterocycles. The summed E-state index contributed by atoms with van der Waals surface area (Å²) in [5.41, 5.74) is -1.29. The monoisotopic (exact) mass is 388 g/mol. The van der Waals surface area contributed by atoms with Gasteiger partial charge in [0.2, 0.25) is 0 Å². The third-order valence-corrected chi connectivity index (χ3v) is 8.71. The molecule has 154 valence electrons. The van der Waals surface area contributed by atoms with Crippen LogP contribution in [0.25, 0.3) is 0 Å². The Kier molecular flexibility index (Phi) is 3.51. The van der Waals surface area contributed by atoms with Gasteiger partial charge in [-0.15, -0.1) is 0 Å². The summed E-state index contributed by atoms with van der Waals surface area (Å²) >= 11 is 0. The number of aliphatic hydroxyl groups excluding tert-OH is 1. The van der Waals surface area contributed by atoms with Crippen molar-refractivity contribution >= 4 is 5.78 Å². The third kappa shape index (κ3) is 1.95. The molecule has 0 aromatic rings. The van der Waals surface area contributed by atoms with Crippen molar-refractivity contribution in [1.82, 2.24) is 0 Å². The predicted octanol–water partition coefficient (Wildman–Crippen LogP) is 2.61. The van der Waals surface area contributed by atoms with E-state index in [0.29, 0.717) is 18.1 Å². The Morgan fingerprint density at radius 1 is 1.21 bits per heavy atom. The summed E-state index contributed by atoms with van der Waals surface area (Å²) in [6.45, 7) is 12.3. The zero-order valence-corrected chi connectivity index (χ0v) is 17.7. The van der Waals surface area contributed by atoms with Gasteiger partial charge in [-0.3, -0.25) is 4.79 Å². The van der Waals surface area contributed by atoms with Gasteiger partial charge >= 0.3 is 0 Å². The van der Waals surface area contributed by atoms with E-state index < -0.39 is 29.0 Å². The molecular formula is C23H32O5. The van der Waals surface area contributed by atoms with E-state index in [0.717, 1.165) is 12.0 Å². The maximum atomic E-state index is 14.1. The van der Waals surface area contributed by atoms with Crippen molar-refractivity contribution in [3.05, 3.63) is 23.3 Å². The summed E-state index contributed by atoms with van der Waals surface area (Å²) in [6, 6.07) is 0. The highest BCUT2D eigenvalue weighted by Crippen LogP contribution is 2.72. The van der Waals surface area contributed by atoms with E-state index in [1.165, 1.54) is 0 Å². The van der Waals surface area contributed by atoms with Crippen LogP contribution in [0.5, 0.6) is 0 Å². The van der Waals surface area contributed by atoms with Crippen molar-refractivity contribution in [3.8, 4) is 0 Å². The van der Waals surface area contributed by atoms with Crippen LogP contribution in [-0.4, -0.2) is 46.2 Å². The largest absolute Gasteiger partial charge is 0.386 e. The number of carbonyl (C=O) groups is 1. The van der Waals surface area contributed by atoms with Gasteiger partial charge in [0.15, 0.2) is 11.6 Å². The Morgan fingerprint density at radius 2 is 1.89 bits per heavy atom. The zero-order valence-electron chi connectivity index (χ0n) is 17.7. The molecule has 5 unspecified atom stereocenters. The molecule has 5 rings (SSSR count). The third-order valence-electron chi connectivity index (χ3n) is 8.71. The first kappa shape index (κ1) is 19.0. The minimum atomic E-state index is -1.71. The molecule has 2 N–H and O–H groups in total. The quantitative estimate of drug-likeness (QED) is 0.624. The molecule has 5 heteroatoms. The highest BCUT2D eigenvalue weighted by Gasteiger charge is 2.76. The van der Waals surface area contributed by atoms with Crippen LogP contribution >= 0.6 is 0 Å². The second-order valence-corrected chi connectivity index (χ2v) is 10.9. The first-order chi connectivity index (χ1) is 12.9. The summed E-state index contributed by atoms with van der Waals surface area (Å²) in [7, 11) is 0. The molecular weight excluding hydrogens is 356 g/mol. The molecule has 0 aromatic carbocycles. The molecule has 1 heterocycles. The van der Waals surface area contributed by atoms with Gasteiger partial charge < -0.3 is 19.7 Å². The Labute approximate surface area is 166 Å². The van der Waals surface area contributed by atoms with E-state index in [4.69, 9.17) is 9.47 Å². The van der Waals surface area contributed by atoms with Crippen LogP contribution in [0.15, 0.2) is 23.3 Å². The van der Waals surface area contributed by atoms with Crippen molar-refractivity contribution in [2.24, 2.45) is 34.5 Å². The van der Waals surface area contributed by atoms with Crippen LogP contribution in [0.3, 0.4) is 0 Å². The number of carbonyl (C=O) groups excluding carboxylic acids is 1. The van der Waals surface area contributed by atoms with E-state index in [9.17, 15) is 15.0 Å². The molecule has 0 aromatic heterocycles. The second kappa shape index (κ2) is 5.18. The van der Waals surface area contributed by atoms with Gasteiger partial charge in [-0.25, -0.2) is 0 Å². The number of Topliss-reactive ketones (excluding diaryl/α,β-unsaturated/α-hetero) is 1. The highest BCUT2D eigenvalue weighted by molar-refractivity contribution is 5.95. The van der Waals surface area contributed by atoms with E-state index in [1.807, 2.05) is 32.9 Å². The number of rotatable bonds is 0. The fourth-order valence-electron chi connectivity index (χ4n) is 7.14. The number of hydrogen-bond donors (Lipinski definition) is 2. The van der Waals surface area contributed by atoms with Crippen molar-refractivity contribution in [2.45, 2.75) is 71.6 Å². The number of aliphatic hydroxyl groups is 2. The van der Waals surface area contributed by atoms with Crippen molar-refractivity contribution in [1.29, 1.82) is 0 Å². The lowest BCUT2D eigenvalue weighted by Gasteiger charge is -2.52. The molecule has 2 bridgehead atoms. The average Bonchev–Trinajstić information content (AvgIpc) is 3.10. The topological polar surface area (TPSA) is 76.0 Å². The van der Waals surface area contributed by atoms with Gasteiger partial charge in [0.1, 0.15) is 17.8 Å². The van der Waals surface area contributed by atoms with E-state index >= 15 is 0 Å². The van der Waals surface area contributed by atoms with Crippen LogP contribution in [0.2, 0.25) is 0 Å². The maximum Gasteiger partial charge on any atom is 0.164 e. The molecule has 1 spiro atoms. The molecule has 28 heavy (non-hydrogen) atoms. The van der Waals surface area contributed by atoms with Crippen LogP contribution in [0.4, 0.5) is 0 Å². The summed E-state index contributed by atoms with van der Waals surface area (Å²) in [5, 5.41) is 23.4. The lowest BCUT2D eigenvalue weighted by molar-refractivity contribution is -0.303. The summed E-state index contributed by atoms with van der Waals surface area (Å²) in [5.74, 6) is -0.504. The average molecular weight is 389 g/mol. The molecule has 5 aliphatic rings. The SMILES string of the molecule is CC1=C[C@]23C(=O)[C@@H](C=C4COC(C)(C)O[C@@H]4C2(O)C1O)C1C(CC3C)C1(C)C. The molecule has 3 fully saturated rings. The number of allylic oxidation sites excluding steroid dienone is 1. The van der Waals surface area contributed by atoms with Gasteiger partial charge in [-0.1, -0.05) is 32.9 Å². The number of fused-ring (bicyclic) bond motifs is 5. The molecule has 2 saturated carbocycles. The van der Waals surface area contributed by atoms with Gasteiger partial charge in [-0.05, 0) is 61.5 Å². The van der Waals surface area contributed by atoms with Gasteiger partial charge in [0, 0.05) is 5.92 Å². The Hall–Kier alpha value is -1.01. The minimum absolute atomic E-state index is 0.0415. The van der Waals surface area contributed by atoms with E-state index in [2.05, 4.69) is 20.8 Å². The molecule has 1 aliphatic heterocycles. The highest BCUT2D eigenvalue weighted by atomic mass is 16.7. The molecule has 0 amide bonds. The van der Waals surface area contributed by atoms with E-state index in [1.54, 1.807) is 0 Å². The van der Waals surface area contributed by atoms with Crippen molar-refractivity contribution in [2.75, 3.05) is 6.61 Å². The summed E-state index contributed by atoms with van der Waals surface area (Å²) in [6.07, 6.45) is 2.85. The lowest BCUT2D eigenvalue weighted by Crippen LogP contribution is -2.67. The minimum Gasteiger partial charge on any atom is -0.386 e. The van der Waals surface area contributed by atoms with Crippen molar-refractivity contribution in [3.63, 3.8) is 0 Å². The normalized spacial score (nSPS) is 53.1. The summed E-state index contributed by atoms with van der Waals surface area (Å²) in [4.78, 5) is 14.1. The van der Waals surface area contributed by atoms with Crippen LogP contribution < -0.4 is 0 Å². The first-order valence-corrected chi connectivity index (χ1v) is 10.5. The van der Waals surface area contributed by atoms with Gasteiger partial charge in [-0.2, -0.15) is 0 Å². The Morgan fingerprint density at radius 3 is 2.57 bits per heavy atom. The number of hydrogen-bond acceptors (Lipinski definition) is 5. The Bertz CT molecular complexity index is 823. The van der Waals surface area contributed by atoms with Gasteiger partial charge in [0.05, 0.1) is 12.0 Å². The van der Waals surface area contributed by atoms with Crippen LogP contribution in [0.1, 0.15) is 48.0 Å². The fraction of sp³-hybridized carbons (Fsp3) is 0.783. The second-order valence-electron chi connectivity index (χ2n) is 10.9. The molecule has 4 aliphatic carbocycles.